The zero-order chi connectivity index (χ0) is 19.9. The lowest BCUT2D eigenvalue weighted by atomic mass is 9.39. The minimum Gasteiger partial charge on any atom is -0.461 e. The molecule has 1 N–H and O–H groups in total. The van der Waals surface area contributed by atoms with Gasteiger partial charge in [-0.1, -0.05) is 27.4 Å². The summed E-state index contributed by atoms with van der Waals surface area (Å²) in [6, 6.07) is 0. The van der Waals surface area contributed by atoms with Gasteiger partial charge in [-0.2, -0.15) is 0 Å². The highest BCUT2D eigenvalue weighted by molar-refractivity contribution is 6.05. The van der Waals surface area contributed by atoms with Crippen molar-refractivity contribution in [1.29, 1.82) is 0 Å². The van der Waals surface area contributed by atoms with Crippen LogP contribution in [-0.2, 0) is 19.1 Å². The number of hydrogen-bond donors (Lipinski definition) is 1. The monoisotopic (exact) mass is 374 g/mol. The fourth-order valence-electron chi connectivity index (χ4n) is 7.46. The van der Waals surface area contributed by atoms with Crippen molar-refractivity contribution < 1.29 is 24.2 Å². The standard InChI is InChI=1S/C22H30O5/c1-11-13-6-7-14-21(5)9-8-16(24)20(3,4)15(21)10-17(25)22(14,18(11)26)19(13)27-12(2)23/h13-15,17,19,25H,1,6-10H2,2-5H3/t13-,14-,15+,17+,19-,21-,22+/m0/s1. The maximum absolute atomic E-state index is 13.5. The second-order valence-electron chi connectivity index (χ2n) is 10.0. The molecule has 0 aliphatic heterocycles. The number of aliphatic hydroxyl groups excluding tert-OH is 1. The topological polar surface area (TPSA) is 80.7 Å². The van der Waals surface area contributed by atoms with E-state index in [1.54, 1.807) is 0 Å². The van der Waals surface area contributed by atoms with Gasteiger partial charge < -0.3 is 9.84 Å². The quantitative estimate of drug-likeness (QED) is 0.564. The number of carbonyl (C=O) groups is 3. The van der Waals surface area contributed by atoms with Gasteiger partial charge in [0.1, 0.15) is 11.9 Å². The third-order valence-corrected chi connectivity index (χ3v) is 8.69. The molecule has 4 saturated carbocycles. The maximum Gasteiger partial charge on any atom is 0.302 e. The molecule has 0 unspecified atom stereocenters. The fourth-order valence-corrected chi connectivity index (χ4v) is 7.46. The summed E-state index contributed by atoms with van der Waals surface area (Å²) < 4.78 is 5.70. The van der Waals surface area contributed by atoms with E-state index in [0.717, 1.165) is 19.3 Å². The van der Waals surface area contributed by atoms with E-state index >= 15 is 0 Å². The predicted octanol–water partition coefficient (Wildman–Crippen LogP) is 2.85. The van der Waals surface area contributed by atoms with E-state index in [0.29, 0.717) is 18.4 Å². The number of Topliss-reactive ketones (excluding diaryl/α,β-unsaturated/α-hetero) is 2. The van der Waals surface area contributed by atoms with Gasteiger partial charge in [0.15, 0.2) is 5.78 Å². The lowest BCUT2D eigenvalue weighted by Gasteiger charge is -2.64. The van der Waals surface area contributed by atoms with Crippen LogP contribution in [0.4, 0.5) is 0 Å². The number of fused-ring (bicyclic) bond motifs is 3. The number of esters is 1. The van der Waals surface area contributed by atoms with Crippen molar-refractivity contribution in [2.75, 3.05) is 0 Å². The van der Waals surface area contributed by atoms with Gasteiger partial charge in [0.2, 0.25) is 0 Å². The van der Waals surface area contributed by atoms with Crippen LogP contribution < -0.4 is 0 Å². The van der Waals surface area contributed by atoms with E-state index < -0.39 is 29.0 Å². The molecule has 27 heavy (non-hydrogen) atoms. The first kappa shape index (κ1) is 18.9. The molecule has 0 amide bonds. The average molecular weight is 374 g/mol. The van der Waals surface area contributed by atoms with Gasteiger partial charge in [0.05, 0.1) is 11.5 Å². The molecule has 4 fully saturated rings. The molecule has 4 aliphatic carbocycles. The molecular weight excluding hydrogens is 344 g/mol. The zero-order valence-corrected chi connectivity index (χ0v) is 16.7. The highest BCUT2D eigenvalue weighted by Crippen LogP contribution is 2.71. The van der Waals surface area contributed by atoms with Crippen LogP contribution in [0.25, 0.3) is 0 Å². The Morgan fingerprint density at radius 3 is 2.48 bits per heavy atom. The van der Waals surface area contributed by atoms with Crippen LogP contribution in [-0.4, -0.2) is 34.9 Å². The van der Waals surface area contributed by atoms with Crippen LogP contribution in [0.3, 0.4) is 0 Å². The third kappa shape index (κ3) is 2.07. The summed E-state index contributed by atoms with van der Waals surface area (Å²) in [5.41, 5.74) is -1.38. The minimum atomic E-state index is -1.10. The van der Waals surface area contributed by atoms with Crippen molar-refractivity contribution >= 4 is 17.5 Å². The van der Waals surface area contributed by atoms with E-state index in [9.17, 15) is 19.5 Å². The molecule has 0 saturated heterocycles. The number of ether oxygens (including phenoxy) is 1. The van der Waals surface area contributed by atoms with Crippen molar-refractivity contribution in [2.24, 2.45) is 34.0 Å². The molecule has 0 aromatic carbocycles. The molecule has 0 aromatic heterocycles. The molecule has 148 valence electrons. The minimum absolute atomic E-state index is 0.00747. The molecule has 0 radical (unpaired) electrons. The lowest BCUT2D eigenvalue weighted by Crippen LogP contribution is -2.68. The van der Waals surface area contributed by atoms with E-state index in [1.807, 2.05) is 13.8 Å². The highest BCUT2D eigenvalue weighted by atomic mass is 16.5. The van der Waals surface area contributed by atoms with Gasteiger partial charge in [-0.15, -0.1) is 0 Å². The average Bonchev–Trinajstić information content (AvgIpc) is 2.70. The van der Waals surface area contributed by atoms with Crippen molar-refractivity contribution in [3.8, 4) is 0 Å². The lowest BCUT2D eigenvalue weighted by molar-refractivity contribution is -0.229. The Morgan fingerprint density at radius 1 is 1.19 bits per heavy atom. The van der Waals surface area contributed by atoms with Crippen molar-refractivity contribution in [3.05, 3.63) is 12.2 Å². The summed E-state index contributed by atoms with van der Waals surface area (Å²) >= 11 is 0. The molecule has 0 aromatic rings. The van der Waals surface area contributed by atoms with Crippen molar-refractivity contribution in [2.45, 2.75) is 72.0 Å². The van der Waals surface area contributed by atoms with Crippen LogP contribution in [0.5, 0.6) is 0 Å². The molecule has 0 heterocycles. The molecule has 4 rings (SSSR count). The van der Waals surface area contributed by atoms with E-state index in [1.165, 1.54) is 6.92 Å². The molecule has 2 bridgehead atoms. The van der Waals surface area contributed by atoms with Gasteiger partial charge in [0.25, 0.3) is 0 Å². The highest BCUT2D eigenvalue weighted by Gasteiger charge is 2.75. The third-order valence-electron chi connectivity index (χ3n) is 8.69. The largest absolute Gasteiger partial charge is 0.461 e. The van der Waals surface area contributed by atoms with Crippen molar-refractivity contribution in [3.63, 3.8) is 0 Å². The first-order chi connectivity index (χ1) is 12.5. The van der Waals surface area contributed by atoms with Gasteiger partial charge >= 0.3 is 5.97 Å². The van der Waals surface area contributed by atoms with Crippen molar-refractivity contribution in [1.82, 2.24) is 0 Å². The molecule has 1 spiro atoms. The smallest absolute Gasteiger partial charge is 0.302 e. The SMILES string of the molecule is C=C1C(=O)[C@]23[C@H](O)C[C@@H]4C(C)(C)C(=O)CC[C@@]4(C)[C@@H]2CC[C@@H]1[C@@H]3OC(C)=O. The number of ketones is 2. The molecule has 4 aliphatic rings. The first-order valence-corrected chi connectivity index (χ1v) is 10.1. The normalized spacial score (nSPS) is 48.0. The second-order valence-corrected chi connectivity index (χ2v) is 10.0. The number of rotatable bonds is 1. The summed E-state index contributed by atoms with van der Waals surface area (Å²) in [7, 11) is 0. The van der Waals surface area contributed by atoms with Gasteiger partial charge in [-0.05, 0) is 48.5 Å². The summed E-state index contributed by atoms with van der Waals surface area (Å²) in [5, 5.41) is 11.4. The molecular formula is C22H30O5. The molecule has 5 nitrogen and oxygen atoms in total. The molecule has 5 heteroatoms. The van der Waals surface area contributed by atoms with Crippen LogP contribution in [0.15, 0.2) is 12.2 Å². The maximum atomic E-state index is 13.5. The van der Waals surface area contributed by atoms with Crippen LogP contribution in [0.1, 0.15) is 59.8 Å². The van der Waals surface area contributed by atoms with E-state index in [2.05, 4.69) is 13.5 Å². The Kier molecular flexibility index (Phi) is 3.86. The summed E-state index contributed by atoms with van der Waals surface area (Å²) in [4.78, 5) is 37.9. The first-order valence-electron chi connectivity index (χ1n) is 10.1. The van der Waals surface area contributed by atoms with Crippen LogP contribution >= 0.6 is 0 Å². The van der Waals surface area contributed by atoms with Gasteiger partial charge in [-0.25, -0.2) is 0 Å². The number of aliphatic hydroxyl groups is 1. The Hall–Kier alpha value is -1.49. The number of hydrogen-bond acceptors (Lipinski definition) is 5. The summed E-state index contributed by atoms with van der Waals surface area (Å²) in [6.45, 7) is 11.5. The van der Waals surface area contributed by atoms with Gasteiger partial charge in [0, 0.05) is 24.7 Å². The Balaban J connectivity index is 1.88. The summed E-state index contributed by atoms with van der Waals surface area (Å²) in [6.07, 6.45) is 1.57. The van der Waals surface area contributed by atoms with Crippen LogP contribution in [0, 0.1) is 34.0 Å². The molecule has 7 atom stereocenters. The Morgan fingerprint density at radius 2 is 1.85 bits per heavy atom. The van der Waals surface area contributed by atoms with E-state index in [-0.39, 0.29) is 34.7 Å². The fraction of sp³-hybridized carbons (Fsp3) is 0.773. The Labute approximate surface area is 160 Å². The predicted molar refractivity (Wildman–Crippen MR) is 98.6 cm³/mol. The van der Waals surface area contributed by atoms with Crippen LogP contribution in [0.2, 0.25) is 0 Å². The van der Waals surface area contributed by atoms with E-state index in [4.69, 9.17) is 4.74 Å². The van der Waals surface area contributed by atoms with Gasteiger partial charge in [-0.3, -0.25) is 14.4 Å². The summed E-state index contributed by atoms with van der Waals surface area (Å²) in [5.74, 6) is -0.619. The zero-order valence-electron chi connectivity index (χ0n) is 16.7. The second kappa shape index (κ2) is 5.53. The Bertz CT molecular complexity index is 752. The number of carbonyl (C=O) groups excluding carboxylic acids is 3.